The van der Waals surface area contributed by atoms with E-state index in [9.17, 15) is 0 Å². The minimum atomic E-state index is 0.609. The van der Waals surface area contributed by atoms with Gasteiger partial charge in [-0.15, -0.1) is 0 Å². The van der Waals surface area contributed by atoms with Gasteiger partial charge >= 0.3 is 0 Å². The average molecular weight is 207 g/mol. The van der Waals surface area contributed by atoms with E-state index < -0.39 is 0 Å². The highest BCUT2D eigenvalue weighted by atomic mass is 35.5. The van der Waals surface area contributed by atoms with Gasteiger partial charge in [-0.2, -0.15) is 5.26 Å². The van der Waals surface area contributed by atoms with Gasteiger partial charge in [0.15, 0.2) is 0 Å². The van der Waals surface area contributed by atoms with Crippen LogP contribution in [0, 0.1) is 11.3 Å². The normalized spacial score (nSPS) is 10.9. The van der Waals surface area contributed by atoms with Crippen molar-refractivity contribution in [2.24, 2.45) is 0 Å². The second-order valence-electron chi connectivity index (χ2n) is 3.13. The fourth-order valence-electron chi connectivity index (χ4n) is 1.08. The van der Waals surface area contributed by atoms with Crippen molar-refractivity contribution in [3.05, 3.63) is 41.1 Å². The molecular formula is C11H11ClN2. The first-order valence-corrected chi connectivity index (χ1v) is 4.55. The van der Waals surface area contributed by atoms with Crippen molar-refractivity contribution in [1.29, 1.82) is 5.26 Å². The van der Waals surface area contributed by atoms with Crippen LogP contribution in [0.25, 0.3) is 5.57 Å². The van der Waals surface area contributed by atoms with Crippen molar-refractivity contribution in [3.63, 3.8) is 0 Å². The third-order valence-corrected chi connectivity index (χ3v) is 1.88. The zero-order valence-corrected chi connectivity index (χ0v) is 8.92. The van der Waals surface area contributed by atoms with Gasteiger partial charge in [-0.05, 0) is 17.7 Å². The SMILES string of the molecule is CN(C)/C=C(/C#N)c1cccc(Cl)c1. The molecule has 0 aromatic heterocycles. The maximum atomic E-state index is 8.93. The smallest absolute Gasteiger partial charge is 0.101 e. The number of halogens is 1. The molecule has 0 N–H and O–H groups in total. The van der Waals surface area contributed by atoms with Gasteiger partial charge in [-0.3, -0.25) is 0 Å². The Labute approximate surface area is 89.0 Å². The molecule has 1 aromatic carbocycles. The first-order valence-electron chi connectivity index (χ1n) is 4.18. The van der Waals surface area contributed by atoms with Gasteiger partial charge in [-0.25, -0.2) is 0 Å². The summed E-state index contributed by atoms with van der Waals surface area (Å²) in [5.74, 6) is 0. The molecule has 1 aromatic rings. The van der Waals surface area contributed by atoms with Crippen LogP contribution in [0.2, 0.25) is 5.02 Å². The van der Waals surface area contributed by atoms with Crippen molar-refractivity contribution in [1.82, 2.24) is 4.90 Å². The number of rotatable bonds is 2. The van der Waals surface area contributed by atoms with Gasteiger partial charge < -0.3 is 4.90 Å². The Morgan fingerprint density at radius 2 is 2.21 bits per heavy atom. The topological polar surface area (TPSA) is 27.0 Å². The van der Waals surface area contributed by atoms with Crippen LogP contribution in [-0.2, 0) is 0 Å². The summed E-state index contributed by atoms with van der Waals surface area (Å²) in [7, 11) is 3.75. The van der Waals surface area contributed by atoms with Gasteiger partial charge in [0, 0.05) is 25.3 Å². The van der Waals surface area contributed by atoms with E-state index in [-0.39, 0.29) is 0 Å². The molecule has 0 amide bonds. The molecule has 1 rings (SSSR count). The fraction of sp³-hybridized carbons (Fsp3) is 0.182. The van der Waals surface area contributed by atoms with Crippen molar-refractivity contribution in [2.45, 2.75) is 0 Å². The van der Waals surface area contributed by atoms with Crippen LogP contribution in [0.4, 0.5) is 0 Å². The Bertz CT molecular complexity index is 389. The van der Waals surface area contributed by atoms with E-state index in [1.54, 1.807) is 18.3 Å². The number of nitriles is 1. The van der Waals surface area contributed by atoms with Crippen molar-refractivity contribution in [2.75, 3.05) is 14.1 Å². The Kier molecular flexibility index (Phi) is 3.55. The lowest BCUT2D eigenvalue weighted by Gasteiger charge is -2.06. The molecule has 0 saturated carbocycles. The van der Waals surface area contributed by atoms with Crippen LogP contribution >= 0.6 is 11.6 Å². The Hall–Kier alpha value is -1.46. The van der Waals surface area contributed by atoms with E-state index in [0.29, 0.717) is 10.6 Å². The molecule has 2 nitrogen and oxygen atoms in total. The van der Waals surface area contributed by atoms with Crippen LogP contribution in [0.5, 0.6) is 0 Å². The Morgan fingerprint density at radius 1 is 1.50 bits per heavy atom. The second kappa shape index (κ2) is 4.69. The summed E-state index contributed by atoms with van der Waals surface area (Å²) >= 11 is 5.83. The van der Waals surface area contributed by atoms with E-state index in [4.69, 9.17) is 16.9 Å². The lowest BCUT2D eigenvalue weighted by atomic mass is 10.1. The van der Waals surface area contributed by atoms with Gasteiger partial charge in [0.1, 0.15) is 6.07 Å². The Balaban J connectivity index is 3.09. The quantitative estimate of drug-likeness (QED) is 0.696. The summed E-state index contributed by atoms with van der Waals surface area (Å²) in [5, 5.41) is 9.57. The summed E-state index contributed by atoms with van der Waals surface area (Å²) < 4.78 is 0. The predicted octanol–water partition coefficient (Wildman–Crippen LogP) is 2.77. The molecule has 3 heteroatoms. The Morgan fingerprint density at radius 3 is 2.71 bits per heavy atom. The van der Waals surface area contributed by atoms with E-state index in [1.807, 2.05) is 31.1 Å². The number of allylic oxidation sites excluding steroid dienone is 1. The molecule has 0 saturated heterocycles. The highest BCUT2D eigenvalue weighted by Crippen LogP contribution is 2.18. The van der Waals surface area contributed by atoms with Crippen molar-refractivity contribution in [3.8, 4) is 6.07 Å². The predicted molar refractivity (Wildman–Crippen MR) is 58.7 cm³/mol. The van der Waals surface area contributed by atoms with Crippen molar-refractivity contribution < 1.29 is 0 Å². The van der Waals surface area contributed by atoms with Crippen LogP contribution in [0.1, 0.15) is 5.56 Å². The molecule has 0 heterocycles. The van der Waals surface area contributed by atoms with E-state index in [2.05, 4.69) is 6.07 Å². The standard InChI is InChI=1S/C11H11ClN2/c1-14(2)8-10(7-13)9-4-3-5-11(12)6-9/h3-6,8H,1-2H3/b10-8-. The number of hydrogen-bond acceptors (Lipinski definition) is 2. The third kappa shape index (κ3) is 2.79. The van der Waals surface area contributed by atoms with E-state index in [1.165, 1.54) is 0 Å². The van der Waals surface area contributed by atoms with E-state index >= 15 is 0 Å². The molecule has 14 heavy (non-hydrogen) atoms. The van der Waals surface area contributed by atoms with E-state index in [0.717, 1.165) is 5.56 Å². The van der Waals surface area contributed by atoms with Crippen LogP contribution in [-0.4, -0.2) is 19.0 Å². The molecule has 0 aliphatic heterocycles. The molecule has 0 fully saturated rings. The monoisotopic (exact) mass is 206 g/mol. The molecule has 72 valence electrons. The molecule has 0 aliphatic rings. The van der Waals surface area contributed by atoms with Crippen LogP contribution in [0.15, 0.2) is 30.5 Å². The zero-order chi connectivity index (χ0) is 10.6. The summed E-state index contributed by atoms with van der Waals surface area (Å²) in [6, 6.07) is 9.40. The average Bonchev–Trinajstić information content (AvgIpc) is 2.14. The van der Waals surface area contributed by atoms with Crippen LogP contribution in [0.3, 0.4) is 0 Å². The maximum absolute atomic E-state index is 8.93. The van der Waals surface area contributed by atoms with Crippen molar-refractivity contribution >= 4 is 17.2 Å². The molecular weight excluding hydrogens is 196 g/mol. The van der Waals surface area contributed by atoms with Gasteiger partial charge in [0.2, 0.25) is 0 Å². The fourth-order valence-corrected chi connectivity index (χ4v) is 1.27. The summed E-state index contributed by atoms with van der Waals surface area (Å²) in [6.45, 7) is 0. The molecule has 0 radical (unpaired) electrons. The van der Waals surface area contributed by atoms with Gasteiger partial charge in [0.05, 0.1) is 5.57 Å². The summed E-state index contributed by atoms with van der Waals surface area (Å²) in [6.07, 6.45) is 1.77. The molecule has 0 bridgehead atoms. The molecule has 0 spiro atoms. The zero-order valence-electron chi connectivity index (χ0n) is 8.16. The number of benzene rings is 1. The molecule has 0 aliphatic carbocycles. The van der Waals surface area contributed by atoms with Gasteiger partial charge in [-0.1, -0.05) is 23.7 Å². The molecule has 0 unspecified atom stereocenters. The minimum Gasteiger partial charge on any atom is -0.382 e. The first kappa shape index (κ1) is 10.6. The minimum absolute atomic E-state index is 0.609. The molecule has 0 atom stereocenters. The second-order valence-corrected chi connectivity index (χ2v) is 3.56. The highest BCUT2D eigenvalue weighted by Gasteiger charge is 2.00. The largest absolute Gasteiger partial charge is 0.382 e. The lowest BCUT2D eigenvalue weighted by molar-refractivity contribution is 0.566. The highest BCUT2D eigenvalue weighted by molar-refractivity contribution is 6.30. The summed E-state index contributed by atoms with van der Waals surface area (Å²) in [5.41, 5.74) is 1.45. The lowest BCUT2D eigenvalue weighted by Crippen LogP contribution is -2.02. The summed E-state index contributed by atoms with van der Waals surface area (Å²) in [4.78, 5) is 1.83. The number of nitrogens with zero attached hydrogens (tertiary/aromatic N) is 2. The third-order valence-electron chi connectivity index (χ3n) is 1.64. The first-order chi connectivity index (χ1) is 6.63. The van der Waals surface area contributed by atoms with Crippen LogP contribution < -0.4 is 0 Å². The maximum Gasteiger partial charge on any atom is 0.101 e. The van der Waals surface area contributed by atoms with Gasteiger partial charge in [0.25, 0.3) is 0 Å². The number of hydrogen-bond donors (Lipinski definition) is 0.